The number of hydrogen-bond donors (Lipinski definition) is 1. The molecule has 0 bridgehead atoms. The Hall–Kier alpha value is -1.76. The van der Waals surface area contributed by atoms with Gasteiger partial charge in [0.2, 0.25) is 0 Å². The summed E-state index contributed by atoms with van der Waals surface area (Å²) >= 11 is 0. The van der Waals surface area contributed by atoms with E-state index in [-0.39, 0.29) is 5.41 Å². The van der Waals surface area contributed by atoms with Crippen LogP contribution in [0.5, 0.6) is 0 Å². The summed E-state index contributed by atoms with van der Waals surface area (Å²) < 4.78 is 0. The molecule has 0 heterocycles. The van der Waals surface area contributed by atoms with E-state index in [0.29, 0.717) is 0 Å². The lowest BCUT2D eigenvalue weighted by Gasteiger charge is -2.23. The van der Waals surface area contributed by atoms with E-state index >= 15 is 0 Å². The second-order valence-corrected chi connectivity index (χ2v) is 5.83. The molecule has 0 spiro atoms. The molecule has 0 aliphatic rings. The van der Waals surface area contributed by atoms with Gasteiger partial charge in [0.15, 0.2) is 0 Å². The van der Waals surface area contributed by atoms with E-state index in [1.165, 1.54) is 16.7 Å². The van der Waals surface area contributed by atoms with Crippen LogP contribution >= 0.6 is 0 Å². The van der Waals surface area contributed by atoms with Crippen molar-refractivity contribution in [1.29, 1.82) is 0 Å². The number of hydrogen-bond acceptors (Lipinski definition) is 1. The average molecular weight is 253 g/mol. The molecular formula is C18H23N. The first-order chi connectivity index (χ1) is 8.95. The predicted molar refractivity (Wildman–Crippen MR) is 84.3 cm³/mol. The van der Waals surface area contributed by atoms with E-state index in [1.807, 2.05) is 12.1 Å². The third kappa shape index (κ3) is 2.65. The minimum absolute atomic E-state index is 0.239. The smallest absolute Gasteiger partial charge is 0.0349 e. The van der Waals surface area contributed by atoms with Crippen molar-refractivity contribution < 1.29 is 0 Å². The lowest BCUT2D eigenvalue weighted by atomic mass is 9.81. The van der Waals surface area contributed by atoms with Crippen molar-refractivity contribution in [2.45, 2.75) is 39.5 Å². The molecule has 2 aromatic rings. The maximum atomic E-state index is 5.98. The Morgan fingerprint density at radius 2 is 1.63 bits per heavy atom. The first kappa shape index (κ1) is 13.7. The van der Waals surface area contributed by atoms with Crippen molar-refractivity contribution in [2.75, 3.05) is 5.73 Å². The number of rotatable bonds is 3. The highest BCUT2D eigenvalue weighted by Gasteiger charge is 2.17. The summed E-state index contributed by atoms with van der Waals surface area (Å²) in [6.45, 7) is 8.88. The van der Waals surface area contributed by atoms with Crippen LogP contribution in [0.25, 0.3) is 11.1 Å². The Morgan fingerprint density at radius 3 is 2.21 bits per heavy atom. The maximum absolute atomic E-state index is 5.98. The van der Waals surface area contributed by atoms with Crippen LogP contribution in [-0.4, -0.2) is 0 Å². The number of nitrogens with two attached hydrogens (primary N) is 1. The first-order valence-corrected chi connectivity index (χ1v) is 6.91. The Labute approximate surface area is 116 Å². The second kappa shape index (κ2) is 5.08. The van der Waals surface area contributed by atoms with E-state index in [9.17, 15) is 0 Å². The second-order valence-electron chi connectivity index (χ2n) is 5.83. The van der Waals surface area contributed by atoms with Gasteiger partial charge in [-0.25, -0.2) is 0 Å². The van der Waals surface area contributed by atoms with Crippen molar-refractivity contribution in [1.82, 2.24) is 0 Å². The molecule has 19 heavy (non-hydrogen) atoms. The summed E-state index contributed by atoms with van der Waals surface area (Å²) in [6, 6.07) is 15.0. The molecule has 0 fully saturated rings. The molecule has 0 saturated carbocycles. The molecule has 0 aromatic heterocycles. The molecule has 1 heteroatoms. The Balaban J connectivity index is 2.41. The van der Waals surface area contributed by atoms with Crippen molar-refractivity contribution in [3.8, 4) is 11.1 Å². The van der Waals surface area contributed by atoms with Gasteiger partial charge < -0.3 is 5.73 Å². The summed E-state index contributed by atoms with van der Waals surface area (Å²) in [7, 11) is 0. The molecule has 0 atom stereocenters. The lowest BCUT2D eigenvalue weighted by molar-refractivity contribution is 0.506. The molecule has 2 N–H and O–H groups in total. The predicted octanol–water partition coefficient (Wildman–Crippen LogP) is 4.93. The molecule has 0 aliphatic heterocycles. The normalized spacial score (nSPS) is 11.6. The Bertz CT molecular complexity index is 565. The zero-order valence-electron chi connectivity index (χ0n) is 12.3. The van der Waals surface area contributed by atoms with Gasteiger partial charge >= 0.3 is 0 Å². The van der Waals surface area contributed by atoms with E-state index in [4.69, 9.17) is 5.73 Å². The van der Waals surface area contributed by atoms with Crippen LogP contribution in [-0.2, 0) is 5.41 Å². The van der Waals surface area contributed by atoms with Crippen molar-refractivity contribution >= 4 is 5.69 Å². The van der Waals surface area contributed by atoms with E-state index in [0.717, 1.165) is 17.7 Å². The highest BCUT2D eigenvalue weighted by atomic mass is 14.6. The van der Waals surface area contributed by atoms with Crippen molar-refractivity contribution in [2.24, 2.45) is 0 Å². The summed E-state index contributed by atoms with van der Waals surface area (Å²) in [4.78, 5) is 0. The minimum atomic E-state index is 0.239. The average Bonchev–Trinajstić information content (AvgIpc) is 2.42. The molecule has 0 saturated heterocycles. The molecule has 0 radical (unpaired) electrons. The molecule has 1 nitrogen and oxygen atoms in total. The molecule has 2 rings (SSSR count). The quantitative estimate of drug-likeness (QED) is 0.771. The molecule has 2 aromatic carbocycles. The first-order valence-electron chi connectivity index (χ1n) is 6.91. The van der Waals surface area contributed by atoms with Gasteiger partial charge in [-0.15, -0.1) is 0 Å². The minimum Gasteiger partial charge on any atom is -0.398 e. The van der Waals surface area contributed by atoms with Gasteiger partial charge in [-0.3, -0.25) is 0 Å². The van der Waals surface area contributed by atoms with Gasteiger partial charge in [-0.1, -0.05) is 57.2 Å². The summed E-state index contributed by atoms with van der Waals surface area (Å²) in [5.41, 5.74) is 12.1. The summed E-state index contributed by atoms with van der Waals surface area (Å²) in [5.74, 6) is 0. The molecule has 0 amide bonds. The number of nitrogen functional groups attached to an aromatic ring is 1. The zero-order valence-corrected chi connectivity index (χ0v) is 12.3. The zero-order chi connectivity index (χ0) is 14.0. The fourth-order valence-electron chi connectivity index (χ4n) is 2.27. The van der Waals surface area contributed by atoms with Crippen molar-refractivity contribution in [3.05, 3.63) is 53.6 Å². The van der Waals surface area contributed by atoms with Crippen LogP contribution in [0.4, 0.5) is 5.69 Å². The summed E-state index contributed by atoms with van der Waals surface area (Å²) in [6.07, 6.45) is 1.14. The molecule has 0 unspecified atom stereocenters. The third-order valence-electron chi connectivity index (χ3n) is 4.24. The SMILES string of the molecule is CCC(C)(C)c1ccc(-c2cccc(N)c2C)cc1. The number of benzene rings is 2. The highest BCUT2D eigenvalue weighted by Crippen LogP contribution is 2.31. The van der Waals surface area contributed by atoms with Crippen LogP contribution < -0.4 is 5.73 Å². The number of anilines is 1. The Kier molecular flexibility index (Phi) is 3.66. The van der Waals surface area contributed by atoms with E-state index < -0.39 is 0 Å². The highest BCUT2D eigenvalue weighted by molar-refractivity contribution is 5.72. The standard InChI is InChI=1S/C18H23N/c1-5-18(3,4)15-11-9-14(10-12-15)16-7-6-8-17(19)13(16)2/h6-12H,5,19H2,1-4H3. The molecule has 0 aliphatic carbocycles. The monoisotopic (exact) mass is 253 g/mol. The Morgan fingerprint density at radius 1 is 1.00 bits per heavy atom. The van der Waals surface area contributed by atoms with Gasteiger partial charge in [0.1, 0.15) is 0 Å². The van der Waals surface area contributed by atoms with Crippen LogP contribution in [0.15, 0.2) is 42.5 Å². The molecular weight excluding hydrogens is 230 g/mol. The fraction of sp³-hybridized carbons (Fsp3) is 0.333. The van der Waals surface area contributed by atoms with Crippen LogP contribution in [0.1, 0.15) is 38.3 Å². The van der Waals surface area contributed by atoms with Gasteiger partial charge in [0.25, 0.3) is 0 Å². The third-order valence-corrected chi connectivity index (χ3v) is 4.24. The molecule has 100 valence electrons. The topological polar surface area (TPSA) is 26.0 Å². The van der Waals surface area contributed by atoms with Gasteiger partial charge in [-0.05, 0) is 47.1 Å². The fourth-order valence-corrected chi connectivity index (χ4v) is 2.27. The maximum Gasteiger partial charge on any atom is 0.0349 e. The van der Waals surface area contributed by atoms with Crippen LogP contribution in [0.3, 0.4) is 0 Å². The van der Waals surface area contributed by atoms with Gasteiger partial charge in [-0.2, -0.15) is 0 Å². The largest absolute Gasteiger partial charge is 0.398 e. The summed E-state index contributed by atoms with van der Waals surface area (Å²) in [5, 5.41) is 0. The van der Waals surface area contributed by atoms with Crippen molar-refractivity contribution in [3.63, 3.8) is 0 Å². The lowest BCUT2D eigenvalue weighted by Crippen LogP contribution is -2.14. The van der Waals surface area contributed by atoms with E-state index in [1.54, 1.807) is 0 Å². The van der Waals surface area contributed by atoms with E-state index in [2.05, 4.69) is 58.0 Å². The van der Waals surface area contributed by atoms with Crippen LogP contribution in [0, 0.1) is 6.92 Å². The van der Waals surface area contributed by atoms with Crippen LogP contribution in [0.2, 0.25) is 0 Å². The van der Waals surface area contributed by atoms with Gasteiger partial charge in [0, 0.05) is 5.69 Å². The van der Waals surface area contributed by atoms with Gasteiger partial charge in [0.05, 0.1) is 0 Å².